The molecule has 0 saturated heterocycles. The predicted molar refractivity (Wildman–Crippen MR) is 76.2 cm³/mol. The lowest BCUT2D eigenvalue weighted by atomic mass is 10.2. The maximum Gasteiger partial charge on any atom is 0.161 e. The molecule has 0 saturated carbocycles. The molecule has 2 aromatic carbocycles. The van der Waals surface area contributed by atoms with Crippen molar-refractivity contribution in [1.29, 1.82) is 0 Å². The average molecular weight is 275 g/mol. The van der Waals surface area contributed by atoms with Crippen molar-refractivity contribution in [1.82, 2.24) is 5.32 Å². The van der Waals surface area contributed by atoms with E-state index < -0.39 is 0 Å². The van der Waals surface area contributed by atoms with Gasteiger partial charge < -0.3 is 15.2 Å². The summed E-state index contributed by atoms with van der Waals surface area (Å²) in [6, 6.07) is 11.9. The minimum absolute atomic E-state index is 0.129. The number of hydrogen-bond acceptors (Lipinski definition) is 3. The third-order valence-corrected chi connectivity index (χ3v) is 2.93. The van der Waals surface area contributed by atoms with Crippen LogP contribution in [0.15, 0.2) is 42.5 Å². The Labute approximate surface area is 118 Å². The molecule has 2 aromatic rings. The number of benzene rings is 2. The second-order valence-electron chi connectivity index (χ2n) is 4.43. The van der Waals surface area contributed by atoms with E-state index in [4.69, 9.17) is 4.74 Å². The molecule has 0 aliphatic carbocycles. The van der Waals surface area contributed by atoms with Crippen molar-refractivity contribution in [3.05, 3.63) is 59.4 Å². The van der Waals surface area contributed by atoms with Crippen LogP contribution in [0, 0.1) is 5.82 Å². The average Bonchev–Trinajstić information content (AvgIpc) is 2.45. The molecule has 0 radical (unpaired) electrons. The molecule has 0 fully saturated rings. The van der Waals surface area contributed by atoms with E-state index in [-0.39, 0.29) is 11.6 Å². The second kappa shape index (κ2) is 6.91. The number of ether oxygens (including phenoxy) is 1. The molecule has 0 atom stereocenters. The Kier molecular flexibility index (Phi) is 4.96. The summed E-state index contributed by atoms with van der Waals surface area (Å²) in [5, 5.41) is 12.8. The van der Waals surface area contributed by atoms with E-state index >= 15 is 0 Å². The van der Waals surface area contributed by atoms with Gasteiger partial charge in [-0.25, -0.2) is 4.39 Å². The van der Waals surface area contributed by atoms with Crippen LogP contribution in [-0.2, 0) is 13.1 Å². The van der Waals surface area contributed by atoms with Crippen LogP contribution in [0.2, 0.25) is 0 Å². The van der Waals surface area contributed by atoms with Gasteiger partial charge in [-0.15, -0.1) is 0 Å². The largest absolute Gasteiger partial charge is 0.504 e. The molecular weight excluding hydrogens is 257 g/mol. The van der Waals surface area contributed by atoms with E-state index in [0.29, 0.717) is 31.0 Å². The van der Waals surface area contributed by atoms with Crippen LogP contribution in [0.3, 0.4) is 0 Å². The van der Waals surface area contributed by atoms with Gasteiger partial charge in [-0.05, 0) is 30.7 Å². The Hall–Kier alpha value is -2.07. The number of halogens is 1. The fourth-order valence-corrected chi connectivity index (χ4v) is 1.92. The molecule has 20 heavy (non-hydrogen) atoms. The molecule has 0 bridgehead atoms. The molecule has 2 N–H and O–H groups in total. The number of phenols is 1. The van der Waals surface area contributed by atoms with Gasteiger partial charge in [0.2, 0.25) is 0 Å². The molecule has 2 rings (SSSR count). The molecule has 0 unspecified atom stereocenters. The lowest BCUT2D eigenvalue weighted by molar-refractivity contribution is 0.317. The molecule has 0 aromatic heterocycles. The van der Waals surface area contributed by atoms with Crippen molar-refractivity contribution < 1.29 is 14.2 Å². The zero-order chi connectivity index (χ0) is 14.4. The van der Waals surface area contributed by atoms with Crippen molar-refractivity contribution in [3.8, 4) is 11.5 Å². The van der Waals surface area contributed by atoms with Crippen LogP contribution in [0.4, 0.5) is 4.39 Å². The molecule has 0 aliphatic heterocycles. The topological polar surface area (TPSA) is 41.5 Å². The molecule has 0 amide bonds. The fraction of sp³-hybridized carbons (Fsp3) is 0.250. The highest BCUT2D eigenvalue weighted by Crippen LogP contribution is 2.26. The highest BCUT2D eigenvalue weighted by atomic mass is 19.1. The fourth-order valence-electron chi connectivity index (χ4n) is 1.92. The number of aromatic hydroxyl groups is 1. The normalized spacial score (nSPS) is 10.5. The smallest absolute Gasteiger partial charge is 0.161 e. The first kappa shape index (κ1) is 14.3. The standard InChI is InChI=1S/C16H18FNO2/c1-2-20-16-9-12(7-8-15(16)19)10-18-11-13-5-3-4-6-14(13)17/h3-9,18-19H,2,10-11H2,1H3. The van der Waals surface area contributed by atoms with Crippen molar-refractivity contribution in [2.75, 3.05) is 6.61 Å². The highest BCUT2D eigenvalue weighted by Gasteiger charge is 2.04. The summed E-state index contributed by atoms with van der Waals surface area (Å²) < 4.78 is 18.8. The zero-order valence-electron chi connectivity index (χ0n) is 11.4. The Morgan fingerprint density at radius 2 is 1.95 bits per heavy atom. The minimum Gasteiger partial charge on any atom is -0.504 e. The SMILES string of the molecule is CCOc1cc(CNCc2ccccc2F)ccc1O. The summed E-state index contributed by atoms with van der Waals surface area (Å²) in [5.41, 5.74) is 1.61. The maximum atomic E-state index is 13.4. The summed E-state index contributed by atoms with van der Waals surface area (Å²) >= 11 is 0. The molecule has 4 heteroatoms. The molecule has 0 spiro atoms. The van der Waals surface area contributed by atoms with Gasteiger partial charge in [0.05, 0.1) is 6.61 Å². The van der Waals surface area contributed by atoms with Gasteiger partial charge in [-0.3, -0.25) is 0 Å². The Morgan fingerprint density at radius 1 is 1.15 bits per heavy atom. The van der Waals surface area contributed by atoms with Gasteiger partial charge in [0.15, 0.2) is 11.5 Å². The summed E-state index contributed by atoms with van der Waals surface area (Å²) in [4.78, 5) is 0. The first-order chi connectivity index (χ1) is 9.70. The second-order valence-corrected chi connectivity index (χ2v) is 4.43. The molecule has 0 heterocycles. The van der Waals surface area contributed by atoms with Gasteiger partial charge in [0, 0.05) is 18.7 Å². The quantitative estimate of drug-likeness (QED) is 0.850. The monoisotopic (exact) mass is 275 g/mol. The van der Waals surface area contributed by atoms with E-state index in [1.165, 1.54) is 6.07 Å². The molecule has 106 valence electrons. The number of hydrogen-bond donors (Lipinski definition) is 2. The van der Waals surface area contributed by atoms with Crippen LogP contribution in [0.25, 0.3) is 0 Å². The summed E-state index contributed by atoms with van der Waals surface area (Å²) in [6.45, 7) is 3.40. The van der Waals surface area contributed by atoms with E-state index in [1.54, 1.807) is 24.3 Å². The van der Waals surface area contributed by atoms with Crippen molar-refractivity contribution in [2.45, 2.75) is 20.0 Å². The lowest BCUT2D eigenvalue weighted by Gasteiger charge is -2.09. The Balaban J connectivity index is 1.94. The Bertz CT molecular complexity index is 572. The molecule has 0 aliphatic rings. The van der Waals surface area contributed by atoms with E-state index in [0.717, 1.165) is 5.56 Å². The van der Waals surface area contributed by atoms with Crippen LogP contribution in [0.5, 0.6) is 11.5 Å². The van der Waals surface area contributed by atoms with Crippen LogP contribution in [-0.4, -0.2) is 11.7 Å². The summed E-state index contributed by atoms with van der Waals surface area (Å²) in [5.74, 6) is 0.392. The minimum atomic E-state index is -0.208. The Morgan fingerprint density at radius 3 is 2.70 bits per heavy atom. The van der Waals surface area contributed by atoms with Crippen molar-refractivity contribution >= 4 is 0 Å². The van der Waals surface area contributed by atoms with Crippen molar-refractivity contribution in [3.63, 3.8) is 0 Å². The van der Waals surface area contributed by atoms with Gasteiger partial charge in [0.25, 0.3) is 0 Å². The summed E-state index contributed by atoms with van der Waals surface area (Å²) in [6.07, 6.45) is 0. The first-order valence-corrected chi connectivity index (χ1v) is 6.59. The lowest BCUT2D eigenvalue weighted by Crippen LogP contribution is -2.13. The van der Waals surface area contributed by atoms with Crippen LogP contribution < -0.4 is 10.1 Å². The van der Waals surface area contributed by atoms with Gasteiger partial charge in [-0.1, -0.05) is 24.3 Å². The number of rotatable bonds is 6. The van der Waals surface area contributed by atoms with Crippen molar-refractivity contribution in [2.24, 2.45) is 0 Å². The van der Waals surface area contributed by atoms with Gasteiger partial charge in [-0.2, -0.15) is 0 Å². The van der Waals surface area contributed by atoms with E-state index in [9.17, 15) is 9.50 Å². The number of phenolic OH excluding ortho intramolecular Hbond substituents is 1. The molecule has 3 nitrogen and oxygen atoms in total. The highest BCUT2D eigenvalue weighted by molar-refractivity contribution is 5.41. The van der Waals surface area contributed by atoms with Gasteiger partial charge >= 0.3 is 0 Å². The third kappa shape index (κ3) is 3.71. The molecular formula is C16H18FNO2. The van der Waals surface area contributed by atoms with Gasteiger partial charge in [0.1, 0.15) is 5.82 Å². The first-order valence-electron chi connectivity index (χ1n) is 6.59. The van der Waals surface area contributed by atoms with E-state index in [1.807, 2.05) is 19.1 Å². The van der Waals surface area contributed by atoms with Crippen LogP contribution >= 0.6 is 0 Å². The maximum absolute atomic E-state index is 13.4. The third-order valence-electron chi connectivity index (χ3n) is 2.93. The van der Waals surface area contributed by atoms with E-state index in [2.05, 4.69) is 5.32 Å². The summed E-state index contributed by atoms with van der Waals surface area (Å²) in [7, 11) is 0. The number of nitrogens with one attached hydrogen (secondary N) is 1. The van der Waals surface area contributed by atoms with Crippen LogP contribution in [0.1, 0.15) is 18.1 Å². The zero-order valence-corrected chi connectivity index (χ0v) is 11.4. The predicted octanol–water partition coefficient (Wildman–Crippen LogP) is 3.22.